The van der Waals surface area contributed by atoms with Gasteiger partial charge >= 0.3 is 0 Å². The molecule has 86 valence electrons. The van der Waals surface area contributed by atoms with Gasteiger partial charge in [0.15, 0.2) is 0 Å². The molecular weight excluding hydrogens is 218 g/mol. The molecule has 2 N–H and O–H groups in total. The summed E-state index contributed by atoms with van der Waals surface area (Å²) in [6.45, 7) is 6.36. The Morgan fingerprint density at radius 3 is 2.69 bits per heavy atom. The van der Waals surface area contributed by atoms with Gasteiger partial charge in [-0.2, -0.15) is 5.10 Å². The lowest BCUT2D eigenvalue weighted by atomic mass is 10.3. The van der Waals surface area contributed by atoms with Crippen LogP contribution in [0, 0.1) is 0 Å². The predicted octanol–water partition coefficient (Wildman–Crippen LogP) is 3.34. The number of hydrogen-bond donors (Lipinski definition) is 1. The molecule has 2 heterocycles. The zero-order chi connectivity index (χ0) is 11.7. The Bertz CT molecular complexity index is 482. The van der Waals surface area contributed by atoms with Gasteiger partial charge in [0.1, 0.15) is 5.69 Å². The van der Waals surface area contributed by atoms with Gasteiger partial charge in [-0.15, -0.1) is 11.3 Å². The van der Waals surface area contributed by atoms with E-state index in [9.17, 15) is 0 Å². The third-order valence-corrected chi connectivity index (χ3v) is 3.77. The van der Waals surface area contributed by atoms with Crippen molar-refractivity contribution in [2.45, 2.75) is 33.2 Å². The fourth-order valence-corrected chi connectivity index (χ4v) is 2.51. The highest BCUT2D eigenvalue weighted by molar-refractivity contribution is 7.15. The Morgan fingerprint density at radius 2 is 2.19 bits per heavy atom. The van der Waals surface area contributed by atoms with Gasteiger partial charge in [-0.1, -0.05) is 6.92 Å². The second kappa shape index (κ2) is 4.29. The minimum absolute atomic E-state index is 0.349. The van der Waals surface area contributed by atoms with Crippen LogP contribution in [0.2, 0.25) is 0 Å². The molecule has 0 atom stereocenters. The van der Waals surface area contributed by atoms with Crippen molar-refractivity contribution in [2.24, 2.45) is 0 Å². The van der Waals surface area contributed by atoms with Gasteiger partial charge in [-0.05, 0) is 32.4 Å². The second-order valence-electron chi connectivity index (χ2n) is 4.13. The second-order valence-corrected chi connectivity index (χ2v) is 5.29. The molecule has 0 bridgehead atoms. The first-order valence-electron chi connectivity index (χ1n) is 5.55. The van der Waals surface area contributed by atoms with Gasteiger partial charge in [0, 0.05) is 17.1 Å². The minimum Gasteiger partial charge on any atom is -0.396 e. The van der Waals surface area contributed by atoms with E-state index in [1.165, 1.54) is 4.88 Å². The average molecular weight is 235 g/mol. The summed E-state index contributed by atoms with van der Waals surface area (Å²) in [4.78, 5) is 2.53. The molecule has 2 aromatic rings. The van der Waals surface area contributed by atoms with Crippen molar-refractivity contribution >= 4 is 17.0 Å². The van der Waals surface area contributed by atoms with Gasteiger partial charge in [0.2, 0.25) is 0 Å². The minimum atomic E-state index is 0.349. The molecule has 0 unspecified atom stereocenters. The van der Waals surface area contributed by atoms with E-state index in [0.717, 1.165) is 22.7 Å². The number of nitrogen functional groups attached to an aromatic ring is 1. The summed E-state index contributed by atoms with van der Waals surface area (Å²) in [5.41, 5.74) is 7.66. The van der Waals surface area contributed by atoms with E-state index in [4.69, 9.17) is 5.73 Å². The third kappa shape index (κ3) is 1.97. The first-order valence-corrected chi connectivity index (χ1v) is 6.37. The van der Waals surface area contributed by atoms with Crippen molar-refractivity contribution in [1.82, 2.24) is 9.78 Å². The highest BCUT2D eigenvalue weighted by atomic mass is 32.1. The summed E-state index contributed by atoms with van der Waals surface area (Å²) in [6, 6.07) is 4.60. The van der Waals surface area contributed by atoms with Crippen LogP contribution in [0.25, 0.3) is 10.6 Å². The van der Waals surface area contributed by atoms with E-state index >= 15 is 0 Å². The molecule has 0 aliphatic carbocycles. The van der Waals surface area contributed by atoms with E-state index in [0.29, 0.717) is 6.04 Å². The maximum Gasteiger partial charge on any atom is 0.125 e. The van der Waals surface area contributed by atoms with Crippen molar-refractivity contribution in [1.29, 1.82) is 0 Å². The fraction of sp³-hybridized carbons (Fsp3) is 0.417. The summed E-state index contributed by atoms with van der Waals surface area (Å²) < 4.78 is 1.91. The van der Waals surface area contributed by atoms with Gasteiger partial charge in [0.05, 0.1) is 10.6 Å². The molecule has 0 saturated carbocycles. The zero-order valence-corrected chi connectivity index (χ0v) is 10.7. The summed E-state index contributed by atoms with van der Waals surface area (Å²) in [6.07, 6.45) is 2.97. The van der Waals surface area contributed by atoms with Crippen LogP contribution in [0.4, 0.5) is 5.69 Å². The van der Waals surface area contributed by atoms with E-state index in [1.54, 1.807) is 11.3 Å². The highest BCUT2D eigenvalue weighted by Gasteiger charge is 2.11. The van der Waals surface area contributed by atoms with Crippen LogP contribution < -0.4 is 5.73 Å². The van der Waals surface area contributed by atoms with Crippen LogP contribution >= 0.6 is 11.3 Å². The number of nitrogens with two attached hydrogens (primary N) is 1. The largest absolute Gasteiger partial charge is 0.396 e. The number of aryl methyl sites for hydroxylation is 1. The Balaban J connectivity index is 2.39. The molecule has 0 fully saturated rings. The van der Waals surface area contributed by atoms with E-state index < -0.39 is 0 Å². The number of nitrogens with zero attached hydrogens (tertiary/aromatic N) is 2. The quantitative estimate of drug-likeness (QED) is 0.886. The molecular formula is C12H17N3S. The predicted molar refractivity (Wildman–Crippen MR) is 69.7 cm³/mol. The standard InChI is InChI=1S/C12H17N3S/c1-4-9-5-6-11(16-9)12-10(13)7-15(14-12)8(2)3/h5-8H,4,13H2,1-3H3. The normalized spacial score (nSPS) is 11.2. The molecule has 0 spiro atoms. The van der Waals surface area contributed by atoms with Crippen molar-refractivity contribution in [3.8, 4) is 10.6 Å². The Morgan fingerprint density at radius 1 is 1.44 bits per heavy atom. The molecule has 0 radical (unpaired) electrons. The molecule has 3 nitrogen and oxygen atoms in total. The number of hydrogen-bond acceptors (Lipinski definition) is 3. The van der Waals surface area contributed by atoms with Crippen molar-refractivity contribution in [2.75, 3.05) is 5.73 Å². The SMILES string of the molecule is CCc1ccc(-c2nn(C(C)C)cc2N)s1. The molecule has 0 saturated heterocycles. The van der Waals surface area contributed by atoms with Crippen molar-refractivity contribution in [3.05, 3.63) is 23.2 Å². The van der Waals surface area contributed by atoms with Crippen LogP contribution in [0.1, 0.15) is 31.7 Å². The van der Waals surface area contributed by atoms with Gasteiger partial charge < -0.3 is 5.73 Å². The van der Waals surface area contributed by atoms with Crippen LogP contribution in [0.15, 0.2) is 18.3 Å². The third-order valence-electron chi connectivity index (χ3n) is 2.53. The maximum absolute atomic E-state index is 5.99. The Hall–Kier alpha value is -1.29. The van der Waals surface area contributed by atoms with E-state index in [1.807, 2.05) is 10.9 Å². The highest BCUT2D eigenvalue weighted by Crippen LogP contribution is 2.31. The first kappa shape index (κ1) is 11.2. The number of rotatable bonds is 3. The monoisotopic (exact) mass is 235 g/mol. The Kier molecular flexibility index (Phi) is 3.01. The molecule has 4 heteroatoms. The van der Waals surface area contributed by atoms with Crippen LogP contribution in [-0.2, 0) is 6.42 Å². The fourth-order valence-electron chi connectivity index (χ4n) is 1.56. The summed E-state index contributed by atoms with van der Waals surface area (Å²) >= 11 is 1.77. The van der Waals surface area contributed by atoms with Crippen LogP contribution in [-0.4, -0.2) is 9.78 Å². The zero-order valence-electron chi connectivity index (χ0n) is 9.90. The molecule has 0 aromatic carbocycles. The van der Waals surface area contributed by atoms with Crippen LogP contribution in [0.3, 0.4) is 0 Å². The number of anilines is 1. The van der Waals surface area contributed by atoms with Crippen LogP contribution in [0.5, 0.6) is 0 Å². The van der Waals surface area contributed by atoms with Gasteiger partial charge in [-0.25, -0.2) is 0 Å². The molecule has 0 amide bonds. The molecule has 2 rings (SSSR count). The maximum atomic E-state index is 5.99. The summed E-state index contributed by atoms with van der Waals surface area (Å²) in [7, 11) is 0. The molecule has 0 aliphatic rings. The van der Waals surface area contributed by atoms with Crippen molar-refractivity contribution in [3.63, 3.8) is 0 Å². The smallest absolute Gasteiger partial charge is 0.125 e. The average Bonchev–Trinajstić information content (AvgIpc) is 2.83. The van der Waals surface area contributed by atoms with Gasteiger partial charge in [-0.3, -0.25) is 4.68 Å². The lowest BCUT2D eigenvalue weighted by Crippen LogP contribution is -2.00. The lowest BCUT2D eigenvalue weighted by Gasteiger charge is -2.02. The van der Waals surface area contributed by atoms with E-state index in [-0.39, 0.29) is 0 Å². The molecule has 16 heavy (non-hydrogen) atoms. The molecule has 0 aliphatic heterocycles. The summed E-state index contributed by atoms with van der Waals surface area (Å²) in [5, 5.41) is 4.53. The summed E-state index contributed by atoms with van der Waals surface area (Å²) in [5.74, 6) is 0. The topological polar surface area (TPSA) is 43.8 Å². The first-order chi connectivity index (χ1) is 7.61. The number of aromatic nitrogens is 2. The lowest BCUT2D eigenvalue weighted by molar-refractivity contribution is 0.534. The number of thiophene rings is 1. The molecule has 2 aromatic heterocycles. The van der Waals surface area contributed by atoms with Gasteiger partial charge in [0.25, 0.3) is 0 Å². The van der Waals surface area contributed by atoms with Crippen molar-refractivity contribution < 1.29 is 0 Å². The van der Waals surface area contributed by atoms with E-state index in [2.05, 4.69) is 38.0 Å². The Labute approximate surface area is 99.9 Å².